The van der Waals surface area contributed by atoms with Crippen molar-refractivity contribution in [2.75, 3.05) is 19.5 Å². The fraction of sp³-hybridized carbons (Fsp3) is 0.100. The number of anilines is 1. The molecule has 5 aliphatic rings. The van der Waals surface area contributed by atoms with Gasteiger partial charge in [0, 0.05) is 50.9 Å². The van der Waals surface area contributed by atoms with E-state index in [1.165, 1.54) is 5.57 Å². The molecule has 6 heteroatoms. The highest BCUT2D eigenvalue weighted by molar-refractivity contribution is 6.20. The van der Waals surface area contributed by atoms with Crippen molar-refractivity contribution in [2.45, 2.75) is 0 Å². The molecular formula is C40H30N4O2. The smallest absolute Gasteiger partial charge is 0.138 e. The summed E-state index contributed by atoms with van der Waals surface area (Å²) < 4.78 is 12.4. The number of nitrogens with zero attached hydrogens (tertiary/aromatic N) is 2. The Morgan fingerprint density at radius 1 is 0.652 bits per heavy atom. The topological polar surface area (TPSA) is 67.2 Å². The molecule has 0 radical (unpaired) electrons. The molecule has 0 saturated heterocycles. The van der Waals surface area contributed by atoms with Gasteiger partial charge in [-0.2, -0.15) is 0 Å². The fourth-order valence-corrected chi connectivity index (χ4v) is 7.34. The molecule has 0 spiro atoms. The van der Waals surface area contributed by atoms with Crippen LogP contribution in [0.15, 0.2) is 165 Å². The number of rotatable bonds is 6. The van der Waals surface area contributed by atoms with E-state index in [1.807, 2.05) is 36.4 Å². The van der Waals surface area contributed by atoms with E-state index in [0.717, 1.165) is 84.6 Å². The first-order valence-corrected chi connectivity index (χ1v) is 15.5. The quantitative estimate of drug-likeness (QED) is 0.235. The second kappa shape index (κ2) is 10.3. The lowest BCUT2D eigenvalue weighted by molar-refractivity contribution is 0.246. The van der Waals surface area contributed by atoms with Crippen LogP contribution in [0.2, 0.25) is 0 Å². The van der Waals surface area contributed by atoms with Crippen LogP contribution in [0, 0.1) is 11.8 Å². The predicted molar refractivity (Wildman–Crippen MR) is 185 cm³/mol. The second-order valence-electron chi connectivity index (χ2n) is 11.8. The normalized spacial score (nSPS) is 20.7. The van der Waals surface area contributed by atoms with Crippen LogP contribution in [0.4, 0.5) is 11.4 Å². The predicted octanol–water partition coefficient (Wildman–Crippen LogP) is 8.18. The molecule has 6 nitrogen and oxygen atoms in total. The van der Waals surface area contributed by atoms with E-state index in [-0.39, 0.29) is 11.8 Å². The number of aliphatic imine (C=N–C) groups is 2. The van der Waals surface area contributed by atoms with E-state index in [2.05, 4.69) is 95.6 Å². The Balaban J connectivity index is 1.11. The van der Waals surface area contributed by atoms with Gasteiger partial charge in [-0.15, -0.1) is 0 Å². The summed E-state index contributed by atoms with van der Waals surface area (Å²) in [5.41, 5.74) is 10.5. The number of ether oxygens (including phenoxy) is 2. The van der Waals surface area contributed by atoms with Gasteiger partial charge in [0.2, 0.25) is 0 Å². The van der Waals surface area contributed by atoms with Crippen LogP contribution in [0.5, 0.6) is 0 Å². The van der Waals surface area contributed by atoms with Gasteiger partial charge >= 0.3 is 0 Å². The van der Waals surface area contributed by atoms with Gasteiger partial charge in [0.25, 0.3) is 0 Å². The van der Waals surface area contributed by atoms with Crippen molar-refractivity contribution in [1.82, 2.24) is 5.32 Å². The first-order valence-electron chi connectivity index (χ1n) is 15.5. The van der Waals surface area contributed by atoms with Crippen molar-refractivity contribution in [2.24, 2.45) is 21.8 Å². The third kappa shape index (κ3) is 3.90. The number of nitrogens with one attached hydrogen (secondary N) is 2. The highest BCUT2D eigenvalue weighted by atomic mass is 16.5. The van der Waals surface area contributed by atoms with Gasteiger partial charge in [0.1, 0.15) is 23.2 Å². The number of methoxy groups -OCH3 is 2. The van der Waals surface area contributed by atoms with E-state index in [0.29, 0.717) is 0 Å². The summed E-state index contributed by atoms with van der Waals surface area (Å²) in [6.45, 7) is 0. The zero-order valence-electron chi connectivity index (χ0n) is 25.4. The van der Waals surface area contributed by atoms with Crippen molar-refractivity contribution < 1.29 is 9.47 Å². The summed E-state index contributed by atoms with van der Waals surface area (Å²) in [5.74, 6) is 3.54. The van der Waals surface area contributed by atoms with Crippen LogP contribution in [0.25, 0.3) is 16.3 Å². The van der Waals surface area contributed by atoms with Crippen LogP contribution in [0.3, 0.4) is 0 Å². The molecule has 0 saturated carbocycles. The second-order valence-corrected chi connectivity index (χ2v) is 11.8. The Bertz CT molecular complexity index is 2220. The molecular weight excluding hydrogens is 568 g/mol. The highest BCUT2D eigenvalue weighted by Gasteiger charge is 2.43. The molecule has 4 aromatic rings. The van der Waals surface area contributed by atoms with Gasteiger partial charge in [-0.05, 0) is 35.2 Å². The zero-order chi connectivity index (χ0) is 30.8. The monoisotopic (exact) mass is 598 g/mol. The van der Waals surface area contributed by atoms with Crippen molar-refractivity contribution >= 4 is 39.4 Å². The Labute approximate surface area is 267 Å². The van der Waals surface area contributed by atoms with E-state index in [9.17, 15) is 0 Å². The molecule has 2 N–H and O–H groups in total. The van der Waals surface area contributed by atoms with E-state index < -0.39 is 0 Å². The van der Waals surface area contributed by atoms with Gasteiger partial charge in [0.15, 0.2) is 0 Å². The highest BCUT2D eigenvalue weighted by Crippen LogP contribution is 2.54. The van der Waals surface area contributed by atoms with Crippen LogP contribution < -0.4 is 10.6 Å². The van der Waals surface area contributed by atoms with Crippen molar-refractivity contribution in [3.8, 4) is 0 Å². The summed E-state index contributed by atoms with van der Waals surface area (Å²) in [6.07, 6.45) is 10.9. The number of hydrogen-bond donors (Lipinski definition) is 2. The number of allylic oxidation sites excluding steroid dienone is 8. The fourth-order valence-electron chi connectivity index (χ4n) is 7.34. The first kappa shape index (κ1) is 26.5. The molecule has 2 unspecified atom stereocenters. The lowest BCUT2D eigenvalue weighted by atomic mass is 9.69. The molecule has 46 heavy (non-hydrogen) atoms. The summed E-state index contributed by atoms with van der Waals surface area (Å²) in [6, 6.07) is 31.1. The molecule has 3 aliphatic carbocycles. The van der Waals surface area contributed by atoms with Crippen LogP contribution in [0.1, 0.15) is 16.7 Å². The average Bonchev–Trinajstić information content (AvgIpc) is 3.11. The lowest BCUT2D eigenvalue weighted by Gasteiger charge is -2.40. The van der Waals surface area contributed by atoms with Gasteiger partial charge in [0.05, 0.1) is 31.2 Å². The number of hydrogen-bond acceptors (Lipinski definition) is 6. The molecule has 0 amide bonds. The van der Waals surface area contributed by atoms with Crippen molar-refractivity contribution in [3.05, 3.63) is 172 Å². The molecule has 0 aromatic heterocycles. The van der Waals surface area contributed by atoms with Crippen LogP contribution in [-0.2, 0) is 9.47 Å². The summed E-state index contributed by atoms with van der Waals surface area (Å²) in [4.78, 5) is 10.1. The SMILES string of the molecule is COC1=C(c2ccc3c4c(cccc24)NC(c2ccccc2)=N3)C(OC)=C1C1C=CC2=C3C(=CC=CC31)NC(c1ccccc1)=N2. The third-order valence-corrected chi connectivity index (χ3v) is 9.37. The van der Waals surface area contributed by atoms with Crippen LogP contribution in [-0.4, -0.2) is 25.9 Å². The Morgan fingerprint density at radius 3 is 2.11 bits per heavy atom. The minimum Gasteiger partial charge on any atom is -0.496 e. The van der Waals surface area contributed by atoms with E-state index >= 15 is 0 Å². The Kier molecular flexibility index (Phi) is 5.96. The third-order valence-electron chi connectivity index (χ3n) is 9.37. The molecule has 9 rings (SSSR count). The molecule has 2 atom stereocenters. The van der Waals surface area contributed by atoms with Gasteiger partial charge in [-0.25, -0.2) is 9.98 Å². The van der Waals surface area contributed by atoms with Gasteiger partial charge in [-0.3, -0.25) is 0 Å². The number of amidine groups is 2. The largest absolute Gasteiger partial charge is 0.496 e. The number of benzene rings is 4. The van der Waals surface area contributed by atoms with E-state index in [4.69, 9.17) is 19.5 Å². The summed E-state index contributed by atoms with van der Waals surface area (Å²) in [5, 5.41) is 9.35. The van der Waals surface area contributed by atoms with Gasteiger partial charge in [-0.1, -0.05) is 97.1 Å². The first-order chi connectivity index (χ1) is 22.7. The Hall–Kier alpha value is -5.88. The standard InChI is InChI=1S/C40H30N4O2/c1-45-37-35(27-19-21-31-33-25(27)15-9-17-29(33)41-39(43-31)23-11-5-3-6-12-23)38(46-2)36(37)28-20-22-32-34-26(28)16-10-18-30(34)42-40(44-32)24-13-7-4-8-14-24/h3-22,25,27H,1-2H3,(H,41,43)(H,42,44). The van der Waals surface area contributed by atoms with Crippen LogP contribution >= 0.6 is 0 Å². The maximum Gasteiger partial charge on any atom is 0.138 e. The van der Waals surface area contributed by atoms with Gasteiger partial charge < -0.3 is 20.1 Å². The molecule has 222 valence electrons. The molecule has 0 bridgehead atoms. The minimum absolute atomic E-state index is 0.0299. The average molecular weight is 599 g/mol. The van der Waals surface area contributed by atoms with Crippen molar-refractivity contribution in [1.29, 1.82) is 0 Å². The van der Waals surface area contributed by atoms with E-state index in [1.54, 1.807) is 14.2 Å². The van der Waals surface area contributed by atoms with Crippen molar-refractivity contribution in [3.63, 3.8) is 0 Å². The molecule has 4 aromatic carbocycles. The summed E-state index contributed by atoms with van der Waals surface area (Å²) >= 11 is 0. The molecule has 2 aliphatic heterocycles. The molecule has 0 fully saturated rings. The minimum atomic E-state index is 0.0299. The Morgan fingerprint density at radius 2 is 1.37 bits per heavy atom. The summed E-state index contributed by atoms with van der Waals surface area (Å²) in [7, 11) is 3.51. The maximum atomic E-state index is 6.19. The molecule has 2 heterocycles. The lowest BCUT2D eigenvalue weighted by Crippen LogP contribution is -2.36. The zero-order valence-corrected chi connectivity index (χ0v) is 25.4. The maximum absolute atomic E-state index is 6.19.